The van der Waals surface area contributed by atoms with E-state index in [1.165, 1.54) is 12.7 Å². The van der Waals surface area contributed by atoms with Gasteiger partial charge in [-0.2, -0.15) is 0 Å². The summed E-state index contributed by atoms with van der Waals surface area (Å²) >= 11 is 0. The second-order valence-electron chi connectivity index (χ2n) is 4.12. The first-order valence-electron chi connectivity index (χ1n) is 6.67. The van der Waals surface area contributed by atoms with E-state index in [-0.39, 0.29) is 12.8 Å². The van der Waals surface area contributed by atoms with Gasteiger partial charge in [-0.15, -0.1) is 0 Å². The molecule has 0 aromatic carbocycles. The predicted molar refractivity (Wildman–Crippen MR) is 71.1 cm³/mol. The third-order valence-electron chi connectivity index (χ3n) is 2.41. The first-order chi connectivity index (χ1) is 8.50. The first kappa shape index (κ1) is 16.9. The van der Waals surface area contributed by atoms with Crippen LogP contribution in [0, 0.1) is 6.92 Å². The topological polar surface area (TPSA) is 25.8 Å². The van der Waals surface area contributed by atoms with Crippen LogP contribution < -0.4 is 0 Å². The summed E-state index contributed by atoms with van der Waals surface area (Å²) in [7, 11) is 0. The molecule has 0 fully saturated rings. The standard InChI is InChI=1S/C9H10F2N2.C3H8.C2H6/c1-6-7-4-9(10,11)3-2-8(7)13-5-12-6;1-3-2;1-2/h5H,2-4H2,1H3;3H2,1-2H3;1-2H3. The monoisotopic (exact) mass is 258 g/mol. The predicted octanol–water partition coefficient (Wildman–Crippen LogP) is 4.35. The second-order valence-corrected chi connectivity index (χ2v) is 4.12. The number of aromatic nitrogens is 2. The number of aryl methyl sites for hydroxylation is 2. The molecule has 18 heavy (non-hydrogen) atoms. The van der Waals surface area contributed by atoms with Gasteiger partial charge in [0.25, 0.3) is 5.92 Å². The Balaban J connectivity index is 0.000000509. The van der Waals surface area contributed by atoms with Gasteiger partial charge in [0, 0.05) is 29.8 Å². The molecule has 0 N–H and O–H groups in total. The molecule has 2 nitrogen and oxygen atoms in total. The fourth-order valence-electron chi connectivity index (χ4n) is 1.64. The number of rotatable bonds is 0. The Labute approximate surface area is 109 Å². The van der Waals surface area contributed by atoms with Gasteiger partial charge in [-0.3, -0.25) is 0 Å². The first-order valence-corrected chi connectivity index (χ1v) is 6.67. The summed E-state index contributed by atoms with van der Waals surface area (Å²) in [5, 5.41) is 0. The van der Waals surface area contributed by atoms with E-state index in [1.54, 1.807) is 6.92 Å². The number of fused-ring (bicyclic) bond motifs is 1. The summed E-state index contributed by atoms with van der Waals surface area (Å²) in [6.07, 6.45) is 2.77. The van der Waals surface area contributed by atoms with Gasteiger partial charge in [0.1, 0.15) is 6.33 Å². The molecule has 0 aliphatic heterocycles. The van der Waals surface area contributed by atoms with Crippen LogP contribution in [0.15, 0.2) is 6.33 Å². The number of hydrogen-bond acceptors (Lipinski definition) is 2. The Bertz CT molecular complexity index is 352. The molecule has 0 spiro atoms. The molecule has 0 atom stereocenters. The van der Waals surface area contributed by atoms with Gasteiger partial charge in [-0.1, -0.05) is 34.1 Å². The van der Waals surface area contributed by atoms with Crippen molar-refractivity contribution in [3.63, 3.8) is 0 Å². The van der Waals surface area contributed by atoms with Crippen molar-refractivity contribution in [2.24, 2.45) is 0 Å². The summed E-state index contributed by atoms with van der Waals surface area (Å²) in [5.41, 5.74) is 2.11. The molecule has 1 aromatic heterocycles. The zero-order valence-corrected chi connectivity index (χ0v) is 12.1. The quantitative estimate of drug-likeness (QED) is 0.691. The van der Waals surface area contributed by atoms with Crippen LogP contribution in [0.5, 0.6) is 0 Å². The third kappa shape index (κ3) is 5.07. The van der Waals surface area contributed by atoms with Crippen LogP contribution in [0.25, 0.3) is 0 Å². The number of alkyl halides is 2. The Morgan fingerprint density at radius 3 is 2.33 bits per heavy atom. The zero-order valence-electron chi connectivity index (χ0n) is 12.1. The summed E-state index contributed by atoms with van der Waals surface area (Å²) < 4.78 is 26.0. The normalized spacial score (nSPS) is 15.5. The molecule has 0 unspecified atom stereocenters. The highest BCUT2D eigenvalue weighted by molar-refractivity contribution is 5.27. The van der Waals surface area contributed by atoms with Crippen LogP contribution in [0.3, 0.4) is 0 Å². The van der Waals surface area contributed by atoms with Gasteiger partial charge in [-0.05, 0) is 13.3 Å². The zero-order chi connectivity index (χ0) is 14.2. The van der Waals surface area contributed by atoms with Crippen molar-refractivity contribution in [2.45, 2.75) is 66.2 Å². The summed E-state index contributed by atoms with van der Waals surface area (Å²) in [6, 6.07) is 0. The summed E-state index contributed by atoms with van der Waals surface area (Å²) in [5.74, 6) is -2.57. The Morgan fingerprint density at radius 2 is 1.78 bits per heavy atom. The average molecular weight is 258 g/mol. The Morgan fingerprint density at radius 1 is 1.22 bits per heavy atom. The molecule has 0 saturated heterocycles. The van der Waals surface area contributed by atoms with Crippen molar-refractivity contribution in [2.75, 3.05) is 0 Å². The molecule has 0 amide bonds. The van der Waals surface area contributed by atoms with E-state index in [2.05, 4.69) is 23.8 Å². The fourth-order valence-corrected chi connectivity index (χ4v) is 1.64. The highest BCUT2D eigenvalue weighted by Gasteiger charge is 2.35. The summed E-state index contributed by atoms with van der Waals surface area (Å²) in [4.78, 5) is 7.91. The molecule has 2 rings (SSSR count). The van der Waals surface area contributed by atoms with E-state index in [0.717, 1.165) is 5.69 Å². The van der Waals surface area contributed by atoms with E-state index in [9.17, 15) is 8.78 Å². The molecular formula is C14H24F2N2. The van der Waals surface area contributed by atoms with Crippen LogP contribution in [0.2, 0.25) is 0 Å². The third-order valence-corrected chi connectivity index (χ3v) is 2.41. The van der Waals surface area contributed by atoms with Crippen LogP contribution in [0.4, 0.5) is 8.78 Å². The molecule has 0 radical (unpaired) electrons. The number of hydrogen-bond donors (Lipinski definition) is 0. The molecule has 4 heteroatoms. The van der Waals surface area contributed by atoms with Crippen molar-refractivity contribution in [1.29, 1.82) is 0 Å². The summed E-state index contributed by atoms with van der Waals surface area (Å²) in [6.45, 7) is 10.0. The lowest BCUT2D eigenvalue weighted by atomic mass is 9.92. The van der Waals surface area contributed by atoms with Gasteiger partial charge in [0.15, 0.2) is 0 Å². The van der Waals surface area contributed by atoms with E-state index >= 15 is 0 Å². The minimum absolute atomic E-state index is 0.0869. The van der Waals surface area contributed by atoms with E-state index in [4.69, 9.17) is 0 Å². The molecule has 1 aliphatic rings. The molecule has 0 saturated carbocycles. The van der Waals surface area contributed by atoms with Crippen LogP contribution in [-0.2, 0) is 12.8 Å². The van der Waals surface area contributed by atoms with Gasteiger partial charge in [0.05, 0.1) is 0 Å². The lowest BCUT2D eigenvalue weighted by Gasteiger charge is -2.23. The second kappa shape index (κ2) is 8.11. The molecule has 1 aromatic rings. The van der Waals surface area contributed by atoms with Crippen molar-refractivity contribution in [3.05, 3.63) is 23.3 Å². The molecule has 0 bridgehead atoms. The lowest BCUT2D eigenvalue weighted by molar-refractivity contribution is -0.0131. The van der Waals surface area contributed by atoms with E-state index in [1.807, 2.05) is 13.8 Å². The average Bonchev–Trinajstić information content (AvgIpc) is 2.33. The highest BCUT2D eigenvalue weighted by Crippen LogP contribution is 2.32. The maximum Gasteiger partial charge on any atom is 0.252 e. The van der Waals surface area contributed by atoms with Crippen molar-refractivity contribution in [3.8, 4) is 0 Å². The minimum Gasteiger partial charge on any atom is -0.241 e. The van der Waals surface area contributed by atoms with Gasteiger partial charge >= 0.3 is 0 Å². The SMILES string of the molecule is CC.CCC.Cc1ncnc2c1CC(F)(F)CC2. The highest BCUT2D eigenvalue weighted by atomic mass is 19.3. The maximum absolute atomic E-state index is 13.0. The van der Waals surface area contributed by atoms with E-state index in [0.29, 0.717) is 17.7 Å². The maximum atomic E-state index is 13.0. The molecule has 104 valence electrons. The van der Waals surface area contributed by atoms with E-state index < -0.39 is 5.92 Å². The van der Waals surface area contributed by atoms with Crippen LogP contribution in [-0.4, -0.2) is 15.9 Å². The fraction of sp³-hybridized carbons (Fsp3) is 0.714. The van der Waals surface area contributed by atoms with Crippen LogP contribution >= 0.6 is 0 Å². The molecular weight excluding hydrogens is 234 g/mol. The molecule has 1 aliphatic carbocycles. The van der Waals surface area contributed by atoms with Gasteiger partial charge in [-0.25, -0.2) is 18.7 Å². The van der Waals surface area contributed by atoms with Crippen molar-refractivity contribution < 1.29 is 8.78 Å². The number of halogens is 2. The Kier molecular flexibility index (Phi) is 7.64. The Hall–Kier alpha value is -1.06. The smallest absolute Gasteiger partial charge is 0.241 e. The van der Waals surface area contributed by atoms with Crippen LogP contribution in [0.1, 0.15) is 57.5 Å². The number of nitrogens with zero attached hydrogens (tertiary/aromatic N) is 2. The molecule has 1 heterocycles. The van der Waals surface area contributed by atoms with Gasteiger partial charge in [0.2, 0.25) is 0 Å². The minimum atomic E-state index is -2.57. The van der Waals surface area contributed by atoms with Crippen molar-refractivity contribution >= 4 is 0 Å². The largest absolute Gasteiger partial charge is 0.252 e. The van der Waals surface area contributed by atoms with Gasteiger partial charge < -0.3 is 0 Å². The van der Waals surface area contributed by atoms with Crippen molar-refractivity contribution in [1.82, 2.24) is 9.97 Å². The lowest BCUT2D eigenvalue weighted by Crippen LogP contribution is -2.27.